The maximum Gasteiger partial charge on any atom is 0.198 e. The van der Waals surface area contributed by atoms with E-state index in [1.165, 1.54) is 0 Å². The second kappa shape index (κ2) is 3.75. The van der Waals surface area contributed by atoms with Crippen molar-refractivity contribution in [3.63, 3.8) is 0 Å². The van der Waals surface area contributed by atoms with Gasteiger partial charge in [-0.25, -0.2) is 0 Å². The van der Waals surface area contributed by atoms with E-state index >= 15 is 0 Å². The first kappa shape index (κ1) is 10.9. The standard InChI is InChI=1S/C16H13NO2/c18-14-13-4-2-1-3-11(13)5-8-16(14)15(19-16)12-6-9-17-10-7-12/h1-4,6-7,9-10,15H,5,8H2/t15-,16+/m1/s1. The van der Waals surface area contributed by atoms with E-state index in [4.69, 9.17) is 4.74 Å². The van der Waals surface area contributed by atoms with Gasteiger partial charge in [0.25, 0.3) is 0 Å². The van der Waals surface area contributed by atoms with Gasteiger partial charge in [-0.05, 0) is 36.1 Å². The van der Waals surface area contributed by atoms with Gasteiger partial charge in [0.15, 0.2) is 11.4 Å². The van der Waals surface area contributed by atoms with Crippen LogP contribution in [0.3, 0.4) is 0 Å². The van der Waals surface area contributed by atoms with E-state index in [0.29, 0.717) is 0 Å². The minimum atomic E-state index is -0.615. The summed E-state index contributed by atoms with van der Waals surface area (Å²) in [5.74, 6) is 0.135. The van der Waals surface area contributed by atoms with Crippen molar-refractivity contribution in [3.8, 4) is 0 Å². The summed E-state index contributed by atoms with van der Waals surface area (Å²) in [6.45, 7) is 0. The number of nitrogens with zero attached hydrogens (tertiary/aromatic N) is 1. The Labute approximate surface area is 111 Å². The van der Waals surface area contributed by atoms with Gasteiger partial charge in [0.05, 0.1) is 0 Å². The summed E-state index contributed by atoms with van der Waals surface area (Å²) in [6, 6.07) is 11.7. The number of carbonyl (C=O) groups is 1. The zero-order valence-electron chi connectivity index (χ0n) is 10.4. The van der Waals surface area contributed by atoms with Gasteiger partial charge in [-0.2, -0.15) is 0 Å². The topological polar surface area (TPSA) is 42.5 Å². The van der Waals surface area contributed by atoms with Crippen LogP contribution in [-0.2, 0) is 11.2 Å². The van der Waals surface area contributed by atoms with Crippen molar-refractivity contribution < 1.29 is 9.53 Å². The first-order valence-corrected chi connectivity index (χ1v) is 6.52. The molecular weight excluding hydrogens is 238 g/mol. The van der Waals surface area contributed by atoms with E-state index in [1.807, 2.05) is 36.4 Å². The maximum atomic E-state index is 12.6. The Morgan fingerprint density at radius 3 is 2.79 bits per heavy atom. The number of aryl methyl sites for hydroxylation is 1. The van der Waals surface area contributed by atoms with Crippen LogP contribution < -0.4 is 0 Å². The molecule has 0 N–H and O–H groups in total. The van der Waals surface area contributed by atoms with E-state index in [0.717, 1.165) is 29.5 Å². The Bertz CT molecular complexity index is 653. The molecule has 1 aromatic heterocycles. The minimum Gasteiger partial charge on any atom is -0.352 e. The number of hydrogen-bond donors (Lipinski definition) is 0. The molecule has 0 bridgehead atoms. The van der Waals surface area contributed by atoms with E-state index in [1.54, 1.807) is 12.4 Å². The lowest BCUT2D eigenvalue weighted by molar-refractivity contribution is 0.0850. The highest BCUT2D eigenvalue weighted by Crippen LogP contribution is 2.56. The smallest absolute Gasteiger partial charge is 0.198 e. The first-order valence-electron chi connectivity index (χ1n) is 6.52. The average molecular weight is 251 g/mol. The van der Waals surface area contributed by atoms with Gasteiger partial charge in [-0.1, -0.05) is 24.3 Å². The van der Waals surface area contributed by atoms with Crippen molar-refractivity contribution in [2.24, 2.45) is 0 Å². The van der Waals surface area contributed by atoms with E-state index in [9.17, 15) is 4.79 Å². The summed E-state index contributed by atoms with van der Waals surface area (Å²) >= 11 is 0. The van der Waals surface area contributed by atoms with Crippen molar-refractivity contribution in [3.05, 3.63) is 65.5 Å². The van der Waals surface area contributed by atoms with Gasteiger partial charge < -0.3 is 4.74 Å². The van der Waals surface area contributed by atoms with Crippen LogP contribution in [0.1, 0.15) is 34.0 Å². The summed E-state index contributed by atoms with van der Waals surface area (Å²) in [5, 5.41) is 0. The Hall–Kier alpha value is -2.00. The fourth-order valence-electron chi connectivity index (χ4n) is 3.04. The Kier molecular flexibility index (Phi) is 2.15. The lowest BCUT2D eigenvalue weighted by Gasteiger charge is -2.20. The first-order chi connectivity index (χ1) is 9.31. The number of hydrogen-bond acceptors (Lipinski definition) is 3. The number of epoxide rings is 1. The summed E-state index contributed by atoms with van der Waals surface area (Å²) in [6.07, 6.45) is 5.06. The van der Waals surface area contributed by atoms with Crippen molar-refractivity contribution in [1.82, 2.24) is 4.98 Å². The molecule has 2 atom stereocenters. The van der Waals surface area contributed by atoms with E-state index < -0.39 is 5.60 Å². The molecule has 0 amide bonds. The van der Waals surface area contributed by atoms with Crippen molar-refractivity contribution >= 4 is 5.78 Å². The molecule has 1 aliphatic heterocycles. The van der Waals surface area contributed by atoms with E-state index in [2.05, 4.69) is 4.98 Å². The van der Waals surface area contributed by atoms with Gasteiger partial charge in [0.1, 0.15) is 6.10 Å². The van der Waals surface area contributed by atoms with Gasteiger partial charge in [-0.3, -0.25) is 9.78 Å². The van der Waals surface area contributed by atoms with Crippen LogP contribution in [0.4, 0.5) is 0 Å². The van der Waals surface area contributed by atoms with Crippen LogP contribution in [-0.4, -0.2) is 16.4 Å². The molecule has 19 heavy (non-hydrogen) atoms. The fraction of sp³-hybridized carbons (Fsp3) is 0.250. The fourth-order valence-corrected chi connectivity index (χ4v) is 3.04. The molecular formula is C16H13NO2. The van der Waals surface area contributed by atoms with Crippen LogP contribution in [0.25, 0.3) is 0 Å². The van der Waals surface area contributed by atoms with E-state index in [-0.39, 0.29) is 11.9 Å². The number of benzene rings is 1. The molecule has 0 saturated carbocycles. The molecule has 1 saturated heterocycles. The zero-order chi connectivity index (χ0) is 12.9. The average Bonchev–Trinajstić information content (AvgIpc) is 3.20. The third-order valence-corrected chi connectivity index (χ3v) is 4.12. The van der Waals surface area contributed by atoms with Crippen LogP contribution in [0.2, 0.25) is 0 Å². The Balaban J connectivity index is 1.71. The molecule has 1 fully saturated rings. The van der Waals surface area contributed by atoms with Crippen LogP contribution in [0.15, 0.2) is 48.8 Å². The molecule has 1 aliphatic carbocycles. The highest BCUT2D eigenvalue weighted by Gasteiger charge is 2.63. The second-order valence-corrected chi connectivity index (χ2v) is 5.15. The number of pyridine rings is 1. The molecule has 94 valence electrons. The van der Waals surface area contributed by atoms with Gasteiger partial charge >= 0.3 is 0 Å². The molecule has 4 rings (SSSR count). The normalized spacial score (nSPS) is 28.2. The summed E-state index contributed by atoms with van der Waals surface area (Å²) in [5.41, 5.74) is 2.39. The third-order valence-electron chi connectivity index (χ3n) is 4.12. The number of ketones is 1. The monoisotopic (exact) mass is 251 g/mol. The SMILES string of the molecule is O=C1c2ccccc2CC[C@]12O[C@@H]2c1ccncc1. The molecule has 2 aromatic rings. The highest BCUT2D eigenvalue weighted by atomic mass is 16.6. The van der Waals surface area contributed by atoms with Crippen LogP contribution in [0, 0.1) is 0 Å². The Morgan fingerprint density at radius 1 is 1.16 bits per heavy atom. The van der Waals surface area contributed by atoms with Crippen molar-refractivity contribution in [2.75, 3.05) is 0 Å². The molecule has 1 spiro atoms. The number of rotatable bonds is 1. The molecule has 3 nitrogen and oxygen atoms in total. The lowest BCUT2D eigenvalue weighted by Crippen LogP contribution is -2.31. The summed E-state index contributed by atoms with van der Waals surface area (Å²) < 4.78 is 5.82. The number of ether oxygens (including phenoxy) is 1. The highest BCUT2D eigenvalue weighted by molar-refractivity contribution is 6.07. The molecule has 2 aliphatic rings. The molecule has 2 heterocycles. The second-order valence-electron chi connectivity index (χ2n) is 5.15. The number of Topliss-reactive ketones (excluding diaryl/α,β-unsaturated/α-hetero) is 1. The molecule has 0 unspecified atom stereocenters. The molecule has 3 heteroatoms. The van der Waals surface area contributed by atoms with Gasteiger partial charge in [-0.15, -0.1) is 0 Å². The predicted molar refractivity (Wildman–Crippen MR) is 69.9 cm³/mol. The van der Waals surface area contributed by atoms with Crippen LogP contribution >= 0.6 is 0 Å². The number of aromatic nitrogens is 1. The molecule has 1 aromatic carbocycles. The van der Waals surface area contributed by atoms with Gasteiger partial charge in [0.2, 0.25) is 0 Å². The molecule has 0 radical (unpaired) electrons. The Morgan fingerprint density at radius 2 is 1.95 bits per heavy atom. The zero-order valence-corrected chi connectivity index (χ0v) is 10.4. The number of fused-ring (bicyclic) bond motifs is 1. The largest absolute Gasteiger partial charge is 0.352 e. The number of carbonyl (C=O) groups excluding carboxylic acids is 1. The summed E-state index contributed by atoms with van der Waals surface area (Å²) in [4.78, 5) is 16.6. The lowest BCUT2D eigenvalue weighted by atomic mass is 9.79. The quantitative estimate of drug-likeness (QED) is 0.732. The maximum absolute atomic E-state index is 12.6. The van der Waals surface area contributed by atoms with Crippen LogP contribution in [0.5, 0.6) is 0 Å². The van der Waals surface area contributed by atoms with Crippen molar-refractivity contribution in [1.29, 1.82) is 0 Å². The van der Waals surface area contributed by atoms with Crippen molar-refractivity contribution in [2.45, 2.75) is 24.5 Å². The third kappa shape index (κ3) is 1.48. The predicted octanol–water partition coefficient (Wildman–Crippen LogP) is 2.72. The van der Waals surface area contributed by atoms with Gasteiger partial charge in [0, 0.05) is 18.0 Å². The summed E-state index contributed by atoms with van der Waals surface area (Å²) in [7, 11) is 0. The minimum absolute atomic E-state index is 0.101.